The molecular weight excluding hydrogens is 102 g/mol. The van der Waals surface area contributed by atoms with Crippen molar-refractivity contribution < 1.29 is 0 Å². The van der Waals surface area contributed by atoms with Crippen LogP contribution in [-0.2, 0) is 0 Å². The van der Waals surface area contributed by atoms with Crippen molar-refractivity contribution in [1.82, 2.24) is 10.4 Å². The first-order valence-corrected chi connectivity index (χ1v) is 2.27. The van der Waals surface area contributed by atoms with E-state index in [0.717, 1.165) is 0 Å². The van der Waals surface area contributed by atoms with Crippen molar-refractivity contribution in [2.75, 3.05) is 7.05 Å². The van der Waals surface area contributed by atoms with Gasteiger partial charge in [0.2, 0.25) is 0 Å². The maximum Gasteiger partial charge on any atom is 0.0981 e. The second-order valence-corrected chi connectivity index (χ2v) is 1.58. The van der Waals surface area contributed by atoms with Crippen LogP contribution < -0.4 is 5.43 Å². The zero-order chi connectivity index (χ0) is 5.98. The van der Waals surface area contributed by atoms with Gasteiger partial charge in [0.05, 0.1) is 18.2 Å². The summed E-state index contributed by atoms with van der Waals surface area (Å²) in [6.07, 6.45) is 1.72. The number of hydrogen-bond donors (Lipinski definition) is 1. The van der Waals surface area contributed by atoms with Gasteiger partial charge in [0.1, 0.15) is 0 Å². The quantitative estimate of drug-likeness (QED) is 0.475. The number of rotatable bonds is 0. The molecule has 41 valence electrons. The third kappa shape index (κ3) is 0.796. The van der Waals surface area contributed by atoms with Gasteiger partial charge >= 0.3 is 0 Å². The second kappa shape index (κ2) is 1.85. The molecule has 0 spiro atoms. The van der Waals surface area contributed by atoms with Crippen LogP contribution in [0.25, 0.3) is 0 Å². The third-order valence-electron chi connectivity index (χ3n) is 0.886. The molecule has 0 aliphatic carbocycles. The van der Waals surface area contributed by atoms with E-state index in [1.165, 1.54) is 0 Å². The summed E-state index contributed by atoms with van der Waals surface area (Å²) < 4.78 is 0. The summed E-state index contributed by atoms with van der Waals surface area (Å²) in [4.78, 5) is 0. The molecule has 1 aliphatic rings. The summed E-state index contributed by atoms with van der Waals surface area (Å²) in [6, 6.07) is 2.00. The molecule has 0 saturated carbocycles. The summed E-state index contributed by atoms with van der Waals surface area (Å²) in [5.41, 5.74) is 3.47. The van der Waals surface area contributed by atoms with Crippen molar-refractivity contribution in [3.05, 3.63) is 18.3 Å². The number of hydrazine groups is 1. The zero-order valence-corrected chi connectivity index (χ0v) is 4.55. The Morgan fingerprint density at radius 3 is 2.88 bits per heavy atom. The van der Waals surface area contributed by atoms with Crippen molar-refractivity contribution >= 4 is 0 Å². The first kappa shape index (κ1) is 5.13. The average Bonchev–Trinajstić information content (AvgIpc) is 2.14. The van der Waals surface area contributed by atoms with E-state index in [0.29, 0.717) is 5.57 Å². The van der Waals surface area contributed by atoms with Crippen molar-refractivity contribution in [2.45, 2.75) is 0 Å². The van der Waals surface area contributed by atoms with Crippen LogP contribution in [0, 0.1) is 17.9 Å². The highest BCUT2D eigenvalue weighted by molar-refractivity contribution is 5.30. The van der Waals surface area contributed by atoms with Crippen LogP contribution in [0.1, 0.15) is 0 Å². The van der Waals surface area contributed by atoms with Gasteiger partial charge in [-0.3, -0.25) is 0 Å². The summed E-state index contributed by atoms with van der Waals surface area (Å²) >= 11 is 0. The van der Waals surface area contributed by atoms with E-state index in [9.17, 15) is 0 Å². The van der Waals surface area contributed by atoms with Crippen LogP contribution in [0.2, 0.25) is 0 Å². The van der Waals surface area contributed by atoms with Gasteiger partial charge in [0.25, 0.3) is 0 Å². The van der Waals surface area contributed by atoms with Gasteiger partial charge in [0.15, 0.2) is 0 Å². The fourth-order valence-corrected chi connectivity index (χ4v) is 0.516. The van der Waals surface area contributed by atoms with E-state index >= 15 is 0 Å². The molecule has 0 atom stereocenters. The van der Waals surface area contributed by atoms with Gasteiger partial charge in [0, 0.05) is 13.2 Å². The van der Waals surface area contributed by atoms with E-state index in [1.807, 2.05) is 13.1 Å². The van der Waals surface area contributed by atoms with Gasteiger partial charge < -0.3 is 5.01 Å². The van der Waals surface area contributed by atoms with Crippen LogP contribution in [0.15, 0.2) is 11.8 Å². The van der Waals surface area contributed by atoms with Crippen LogP contribution in [-0.4, -0.2) is 12.1 Å². The van der Waals surface area contributed by atoms with Crippen molar-refractivity contribution in [3.63, 3.8) is 0 Å². The fourth-order valence-electron chi connectivity index (χ4n) is 0.516. The van der Waals surface area contributed by atoms with E-state index in [2.05, 4.69) is 5.43 Å². The Bertz CT molecular complexity index is 154. The van der Waals surface area contributed by atoms with E-state index < -0.39 is 0 Å². The molecule has 0 unspecified atom stereocenters. The summed E-state index contributed by atoms with van der Waals surface area (Å²) in [5, 5.41) is 9.99. The molecule has 0 bridgehead atoms. The smallest absolute Gasteiger partial charge is 0.0981 e. The topological polar surface area (TPSA) is 39.1 Å². The lowest BCUT2D eigenvalue weighted by Crippen LogP contribution is -2.20. The molecule has 8 heavy (non-hydrogen) atoms. The molecule has 0 aromatic carbocycles. The molecule has 1 aliphatic heterocycles. The molecule has 1 rings (SSSR count). The molecular formula is C5H6N3. The monoisotopic (exact) mass is 108 g/mol. The minimum atomic E-state index is 0.660. The Kier molecular flexibility index (Phi) is 1.18. The largest absolute Gasteiger partial charge is 0.317 e. The lowest BCUT2D eigenvalue weighted by Gasteiger charge is -2.03. The predicted molar refractivity (Wildman–Crippen MR) is 28.9 cm³/mol. The summed E-state index contributed by atoms with van der Waals surface area (Å²) in [7, 11) is 1.83. The van der Waals surface area contributed by atoms with E-state index in [1.54, 1.807) is 17.8 Å². The molecule has 1 heterocycles. The summed E-state index contributed by atoms with van der Waals surface area (Å²) in [5.74, 6) is 0. The zero-order valence-electron chi connectivity index (χ0n) is 4.55. The molecule has 1 radical (unpaired) electrons. The Balaban J connectivity index is 2.61. The van der Waals surface area contributed by atoms with Gasteiger partial charge in [-0.15, -0.1) is 0 Å². The van der Waals surface area contributed by atoms with Crippen molar-refractivity contribution in [2.24, 2.45) is 0 Å². The lowest BCUT2D eigenvalue weighted by molar-refractivity contribution is 0.395. The second-order valence-electron chi connectivity index (χ2n) is 1.58. The summed E-state index contributed by atoms with van der Waals surface area (Å²) in [6.45, 7) is 1.65. The Morgan fingerprint density at radius 2 is 2.62 bits per heavy atom. The molecule has 0 aromatic heterocycles. The van der Waals surface area contributed by atoms with Gasteiger partial charge in [-0.1, -0.05) is 0 Å². The molecule has 0 fully saturated rings. The van der Waals surface area contributed by atoms with Crippen molar-refractivity contribution in [1.29, 1.82) is 5.26 Å². The lowest BCUT2D eigenvalue weighted by atomic mass is 10.3. The third-order valence-corrected chi connectivity index (χ3v) is 0.886. The molecule has 0 aromatic rings. The maximum atomic E-state index is 8.27. The van der Waals surface area contributed by atoms with Gasteiger partial charge in [-0.25, -0.2) is 5.43 Å². The van der Waals surface area contributed by atoms with Crippen LogP contribution in [0.3, 0.4) is 0 Å². The fraction of sp³-hybridized carbons (Fsp3) is 0.200. The Morgan fingerprint density at radius 1 is 1.88 bits per heavy atom. The minimum Gasteiger partial charge on any atom is -0.317 e. The molecule has 3 heteroatoms. The molecule has 0 amide bonds. The number of nitrogens with one attached hydrogen (secondary N) is 1. The van der Waals surface area contributed by atoms with Crippen molar-refractivity contribution in [3.8, 4) is 6.07 Å². The highest BCUT2D eigenvalue weighted by Gasteiger charge is 2.05. The van der Waals surface area contributed by atoms with E-state index in [4.69, 9.17) is 5.26 Å². The normalized spacial score (nSPS) is 18.0. The standard InChI is InChI=1S/C5H6N3/c1-8-4-5(2-6)3-7-8/h3-4,7H,1H3. The van der Waals surface area contributed by atoms with Crippen LogP contribution in [0.4, 0.5) is 0 Å². The molecule has 0 saturated heterocycles. The van der Waals surface area contributed by atoms with E-state index in [-0.39, 0.29) is 0 Å². The first-order valence-electron chi connectivity index (χ1n) is 2.27. The number of nitriles is 1. The number of nitrogens with zero attached hydrogens (tertiary/aromatic N) is 2. The highest BCUT2D eigenvalue weighted by Crippen LogP contribution is 2.02. The molecule has 1 N–H and O–H groups in total. The Hall–Kier alpha value is -1.01. The SMILES string of the molecule is CN1C=C(C#N)[CH]N1. The van der Waals surface area contributed by atoms with Crippen LogP contribution >= 0.6 is 0 Å². The Labute approximate surface area is 48.2 Å². The van der Waals surface area contributed by atoms with Crippen LogP contribution in [0.5, 0.6) is 0 Å². The predicted octanol–water partition coefficient (Wildman–Crippen LogP) is 0.00567. The maximum absolute atomic E-state index is 8.27. The van der Waals surface area contributed by atoms with Gasteiger partial charge in [-0.05, 0) is 0 Å². The first-order chi connectivity index (χ1) is 3.83. The molecule has 3 nitrogen and oxygen atoms in total. The minimum absolute atomic E-state index is 0.660. The number of hydrogen-bond acceptors (Lipinski definition) is 3. The highest BCUT2D eigenvalue weighted by atomic mass is 15.5. The average molecular weight is 108 g/mol. The van der Waals surface area contributed by atoms with Gasteiger partial charge in [-0.2, -0.15) is 5.26 Å².